The summed E-state index contributed by atoms with van der Waals surface area (Å²) < 4.78 is 0. The molecule has 0 aliphatic heterocycles. The second-order valence-corrected chi connectivity index (χ2v) is 10.1. The number of hydrogen-bond donors (Lipinski definition) is 0. The van der Waals surface area contributed by atoms with Gasteiger partial charge in [0.15, 0.2) is 0 Å². The minimum atomic E-state index is -1.24. The molecule has 0 unspecified atom stereocenters. The quantitative estimate of drug-likeness (QED) is 0.717. The summed E-state index contributed by atoms with van der Waals surface area (Å²) >= 11 is 0. The van der Waals surface area contributed by atoms with Crippen molar-refractivity contribution in [2.75, 3.05) is 0 Å². The van der Waals surface area contributed by atoms with Gasteiger partial charge in [0.2, 0.25) is 0 Å². The summed E-state index contributed by atoms with van der Waals surface area (Å²) in [7, 11) is -1.24. The van der Waals surface area contributed by atoms with Crippen molar-refractivity contribution < 1.29 is 0 Å². The van der Waals surface area contributed by atoms with Crippen molar-refractivity contribution in [3.63, 3.8) is 0 Å². The Morgan fingerprint density at radius 2 is 1.62 bits per heavy atom. The van der Waals surface area contributed by atoms with Crippen LogP contribution in [0.15, 0.2) is 48.7 Å². The second-order valence-electron chi connectivity index (χ2n) is 5.05. The largest absolute Gasteiger partial charge is 0.256 e. The van der Waals surface area contributed by atoms with Gasteiger partial charge in [-0.05, 0) is 12.1 Å². The molecule has 0 atom stereocenters. The highest BCUT2D eigenvalue weighted by Gasteiger charge is 2.16. The van der Waals surface area contributed by atoms with E-state index >= 15 is 0 Å². The molecule has 1 heterocycles. The Bertz CT molecular complexity index is 472. The van der Waals surface area contributed by atoms with Crippen LogP contribution in [0.3, 0.4) is 0 Å². The molecular weight excluding hydrogens is 210 g/mol. The first kappa shape index (κ1) is 11.1. The van der Waals surface area contributed by atoms with Crippen LogP contribution in [0.1, 0.15) is 0 Å². The van der Waals surface area contributed by atoms with Gasteiger partial charge in [0.1, 0.15) is 0 Å². The molecule has 0 bridgehead atoms. The third-order valence-corrected chi connectivity index (χ3v) is 4.74. The molecule has 0 fully saturated rings. The van der Waals surface area contributed by atoms with E-state index in [4.69, 9.17) is 0 Å². The molecule has 0 N–H and O–H groups in total. The van der Waals surface area contributed by atoms with Crippen molar-refractivity contribution in [2.24, 2.45) is 0 Å². The zero-order valence-corrected chi connectivity index (χ0v) is 11.1. The van der Waals surface area contributed by atoms with Gasteiger partial charge in [-0.15, -0.1) is 0 Å². The first-order valence-corrected chi connectivity index (χ1v) is 9.09. The summed E-state index contributed by atoms with van der Waals surface area (Å²) in [6, 6.07) is 14.7. The van der Waals surface area contributed by atoms with Crippen molar-refractivity contribution in [2.45, 2.75) is 19.6 Å². The summed E-state index contributed by atoms with van der Waals surface area (Å²) in [6.07, 6.45) is 1.93. The van der Waals surface area contributed by atoms with Crippen LogP contribution in [0.25, 0.3) is 11.3 Å². The molecule has 0 radical (unpaired) electrons. The molecule has 82 valence electrons. The second kappa shape index (κ2) is 4.22. The van der Waals surface area contributed by atoms with Crippen LogP contribution < -0.4 is 5.19 Å². The molecule has 16 heavy (non-hydrogen) atoms. The predicted octanol–water partition coefficient (Wildman–Crippen LogP) is 3.29. The summed E-state index contributed by atoms with van der Waals surface area (Å²) in [5.41, 5.74) is 2.28. The average Bonchev–Trinajstić information content (AvgIpc) is 2.29. The van der Waals surface area contributed by atoms with Gasteiger partial charge < -0.3 is 0 Å². The number of hydrogen-bond acceptors (Lipinski definition) is 1. The van der Waals surface area contributed by atoms with Crippen LogP contribution in [0, 0.1) is 0 Å². The Labute approximate surface area is 98.2 Å². The SMILES string of the molecule is C[Si](C)(C)c1ccnc(-c2ccccc2)c1. The summed E-state index contributed by atoms with van der Waals surface area (Å²) in [6.45, 7) is 7.07. The molecule has 1 aromatic heterocycles. The highest BCUT2D eigenvalue weighted by Crippen LogP contribution is 2.15. The summed E-state index contributed by atoms with van der Waals surface area (Å²) in [4.78, 5) is 4.45. The Morgan fingerprint density at radius 3 is 2.25 bits per heavy atom. The van der Waals surface area contributed by atoms with Crippen molar-refractivity contribution in [1.82, 2.24) is 4.98 Å². The van der Waals surface area contributed by atoms with Gasteiger partial charge in [-0.3, -0.25) is 4.98 Å². The highest BCUT2D eigenvalue weighted by molar-refractivity contribution is 6.88. The van der Waals surface area contributed by atoms with E-state index in [1.807, 2.05) is 12.3 Å². The zero-order valence-electron chi connectivity index (χ0n) is 10.1. The van der Waals surface area contributed by atoms with Gasteiger partial charge >= 0.3 is 0 Å². The molecule has 1 nitrogen and oxygen atoms in total. The third-order valence-electron chi connectivity index (χ3n) is 2.70. The normalized spacial score (nSPS) is 11.4. The molecule has 0 aliphatic rings. The molecular formula is C14H17NSi. The Balaban J connectivity index is 2.45. The predicted molar refractivity (Wildman–Crippen MR) is 72.7 cm³/mol. The van der Waals surface area contributed by atoms with Crippen molar-refractivity contribution in [3.05, 3.63) is 48.7 Å². The molecule has 0 amide bonds. The molecule has 0 aliphatic carbocycles. The van der Waals surface area contributed by atoms with E-state index in [-0.39, 0.29) is 0 Å². The molecule has 2 heteroatoms. The Kier molecular flexibility index (Phi) is 2.92. The number of pyridine rings is 1. The van der Waals surface area contributed by atoms with Crippen molar-refractivity contribution >= 4 is 13.3 Å². The van der Waals surface area contributed by atoms with Gasteiger partial charge in [-0.2, -0.15) is 0 Å². The lowest BCUT2D eigenvalue weighted by molar-refractivity contribution is 1.33. The first-order chi connectivity index (χ1) is 7.57. The average molecular weight is 227 g/mol. The number of aromatic nitrogens is 1. The van der Waals surface area contributed by atoms with Gasteiger partial charge in [0, 0.05) is 11.8 Å². The van der Waals surface area contributed by atoms with Crippen LogP contribution in [-0.4, -0.2) is 13.1 Å². The van der Waals surface area contributed by atoms with Gasteiger partial charge in [0.25, 0.3) is 0 Å². The summed E-state index contributed by atoms with van der Waals surface area (Å²) in [5, 5.41) is 1.46. The highest BCUT2D eigenvalue weighted by atomic mass is 28.3. The van der Waals surface area contributed by atoms with Crippen molar-refractivity contribution in [1.29, 1.82) is 0 Å². The van der Waals surface area contributed by atoms with Crippen LogP contribution >= 0.6 is 0 Å². The van der Waals surface area contributed by atoms with Crippen LogP contribution in [0.5, 0.6) is 0 Å². The third kappa shape index (κ3) is 2.39. The minimum Gasteiger partial charge on any atom is -0.256 e. The maximum Gasteiger partial charge on any atom is 0.0777 e. The number of rotatable bonds is 2. The first-order valence-electron chi connectivity index (χ1n) is 5.59. The Morgan fingerprint density at radius 1 is 0.938 bits per heavy atom. The van der Waals surface area contributed by atoms with E-state index in [0.29, 0.717) is 0 Å². The van der Waals surface area contributed by atoms with E-state index in [9.17, 15) is 0 Å². The summed E-state index contributed by atoms with van der Waals surface area (Å²) in [5.74, 6) is 0. The standard InChI is InChI=1S/C14H17NSi/c1-16(2,3)13-9-10-15-14(11-13)12-7-5-4-6-8-12/h4-11H,1-3H3. The van der Waals surface area contributed by atoms with Crippen molar-refractivity contribution in [3.8, 4) is 11.3 Å². The molecule has 0 spiro atoms. The van der Waals surface area contributed by atoms with Crippen LogP contribution in [0.4, 0.5) is 0 Å². The van der Waals surface area contributed by atoms with Crippen LogP contribution in [-0.2, 0) is 0 Å². The molecule has 0 saturated carbocycles. The fourth-order valence-electron chi connectivity index (χ4n) is 1.66. The van der Waals surface area contributed by atoms with Crippen LogP contribution in [0.2, 0.25) is 19.6 Å². The lowest BCUT2D eigenvalue weighted by atomic mass is 10.1. The Hall–Kier alpha value is -1.41. The maximum atomic E-state index is 4.45. The fraction of sp³-hybridized carbons (Fsp3) is 0.214. The lowest BCUT2D eigenvalue weighted by Gasteiger charge is -2.17. The molecule has 1 aromatic carbocycles. The van der Waals surface area contributed by atoms with E-state index in [1.54, 1.807) is 0 Å². The van der Waals surface area contributed by atoms with E-state index < -0.39 is 8.07 Å². The molecule has 0 saturated heterocycles. The number of nitrogens with zero attached hydrogens (tertiary/aromatic N) is 1. The van der Waals surface area contributed by atoms with Gasteiger partial charge in [0.05, 0.1) is 13.8 Å². The van der Waals surface area contributed by atoms with E-state index in [2.05, 4.69) is 61.0 Å². The lowest BCUT2D eigenvalue weighted by Crippen LogP contribution is -2.37. The maximum absolute atomic E-state index is 4.45. The zero-order chi connectivity index (χ0) is 11.6. The minimum absolute atomic E-state index is 1.08. The molecule has 2 aromatic rings. The van der Waals surface area contributed by atoms with E-state index in [0.717, 1.165) is 5.69 Å². The van der Waals surface area contributed by atoms with Gasteiger partial charge in [-0.25, -0.2) is 0 Å². The fourth-order valence-corrected chi connectivity index (χ4v) is 2.81. The topological polar surface area (TPSA) is 12.9 Å². The van der Waals surface area contributed by atoms with E-state index in [1.165, 1.54) is 10.8 Å². The monoisotopic (exact) mass is 227 g/mol. The smallest absolute Gasteiger partial charge is 0.0777 e. The van der Waals surface area contributed by atoms with Gasteiger partial charge in [-0.1, -0.05) is 55.2 Å². The molecule has 2 rings (SSSR count). The number of benzene rings is 1.